The van der Waals surface area contributed by atoms with Crippen LogP contribution in [-0.2, 0) is 17.8 Å². The zero-order valence-corrected chi connectivity index (χ0v) is 19.6. The molecule has 0 fully saturated rings. The number of hydrogen-bond acceptors (Lipinski definition) is 6. The Bertz CT molecular complexity index is 1020. The van der Waals surface area contributed by atoms with Crippen molar-refractivity contribution in [2.45, 2.75) is 53.0 Å². The first-order chi connectivity index (χ1) is 15.2. The van der Waals surface area contributed by atoms with E-state index in [1.54, 1.807) is 20.3 Å². The number of nitrogens with zero attached hydrogens (tertiary/aromatic N) is 2. The van der Waals surface area contributed by atoms with Crippen LogP contribution in [0.5, 0.6) is 11.5 Å². The van der Waals surface area contributed by atoms with Gasteiger partial charge in [0.05, 0.1) is 14.2 Å². The van der Waals surface area contributed by atoms with E-state index in [0.717, 1.165) is 12.0 Å². The molecule has 0 spiro atoms. The molecule has 0 aliphatic heterocycles. The van der Waals surface area contributed by atoms with E-state index < -0.39 is 11.2 Å². The standard InChI is InChI=1S/C23H34N4O5/c1-6-7-10-26(20-21(24)27(14-15(2)3)23(30)25-22(20)29)19(28)9-8-16-11-17(31-4)13-18(12-16)32-5/h11-13,15H,6-10,14,24H2,1-5H3,(H,25,29,30). The third kappa shape index (κ3) is 6.15. The van der Waals surface area contributed by atoms with Gasteiger partial charge in [-0.3, -0.25) is 19.1 Å². The summed E-state index contributed by atoms with van der Waals surface area (Å²) in [5.41, 5.74) is 5.92. The second-order valence-corrected chi connectivity index (χ2v) is 8.12. The van der Waals surface area contributed by atoms with Gasteiger partial charge in [0.25, 0.3) is 5.56 Å². The molecule has 1 aromatic carbocycles. The number of benzene rings is 1. The van der Waals surface area contributed by atoms with Gasteiger partial charge in [-0.25, -0.2) is 4.79 Å². The average Bonchev–Trinajstić information content (AvgIpc) is 2.76. The van der Waals surface area contributed by atoms with E-state index in [1.807, 2.05) is 32.9 Å². The summed E-state index contributed by atoms with van der Waals surface area (Å²) in [4.78, 5) is 41.9. The Hall–Kier alpha value is -3.23. The number of aryl methyl sites for hydroxylation is 1. The number of nitrogens with one attached hydrogen (secondary N) is 1. The molecule has 0 aliphatic rings. The molecule has 0 aliphatic carbocycles. The van der Waals surface area contributed by atoms with Crippen LogP contribution >= 0.6 is 0 Å². The van der Waals surface area contributed by atoms with Gasteiger partial charge in [0.15, 0.2) is 5.69 Å². The van der Waals surface area contributed by atoms with Crippen molar-refractivity contribution in [1.82, 2.24) is 9.55 Å². The Morgan fingerprint density at radius 2 is 1.78 bits per heavy atom. The number of nitrogens with two attached hydrogens (primary N) is 1. The van der Waals surface area contributed by atoms with Crippen molar-refractivity contribution in [3.05, 3.63) is 44.6 Å². The topological polar surface area (TPSA) is 120 Å². The van der Waals surface area contributed by atoms with Gasteiger partial charge in [-0.05, 0) is 36.5 Å². The van der Waals surface area contributed by atoms with E-state index in [2.05, 4.69) is 4.98 Å². The van der Waals surface area contributed by atoms with Gasteiger partial charge < -0.3 is 20.1 Å². The summed E-state index contributed by atoms with van der Waals surface area (Å²) < 4.78 is 11.9. The van der Waals surface area contributed by atoms with E-state index in [0.29, 0.717) is 37.4 Å². The Kier molecular flexibility index (Phi) is 8.92. The second-order valence-electron chi connectivity index (χ2n) is 8.12. The molecule has 9 nitrogen and oxygen atoms in total. The summed E-state index contributed by atoms with van der Waals surface area (Å²) >= 11 is 0. The third-order valence-electron chi connectivity index (χ3n) is 5.11. The molecule has 0 radical (unpaired) electrons. The summed E-state index contributed by atoms with van der Waals surface area (Å²) in [5.74, 6) is 1.18. The molecule has 0 atom stereocenters. The minimum Gasteiger partial charge on any atom is -0.497 e. The summed E-state index contributed by atoms with van der Waals surface area (Å²) in [6.45, 7) is 6.56. The van der Waals surface area contributed by atoms with Gasteiger partial charge in [-0.1, -0.05) is 27.2 Å². The summed E-state index contributed by atoms with van der Waals surface area (Å²) in [7, 11) is 3.13. The smallest absolute Gasteiger partial charge is 0.330 e. The summed E-state index contributed by atoms with van der Waals surface area (Å²) in [6.07, 6.45) is 2.11. The number of aromatic amines is 1. The molecular formula is C23H34N4O5. The maximum atomic E-state index is 13.2. The number of ether oxygens (including phenoxy) is 2. The number of hydrogen-bond donors (Lipinski definition) is 2. The first-order valence-electron chi connectivity index (χ1n) is 10.9. The van der Waals surface area contributed by atoms with Gasteiger partial charge in [0.1, 0.15) is 17.3 Å². The predicted molar refractivity (Wildman–Crippen MR) is 126 cm³/mol. The Morgan fingerprint density at radius 3 is 2.31 bits per heavy atom. The molecular weight excluding hydrogens is 412 g/mol. The van der Waals surface area contributed by atoms with Crippen LogP contribution in [0, 0.1) is 5.92 Å². The van der Waals surface area contributed by atoms with Crippen molar-refractivity contribution in [3.63, 3.8) is 0 Å². The van der Waals surface area contributed by atoms with Crippen LogP contribution in [0.3, 0.4) is 0 Å². The van der Waals surface area contributed by atoms with Crippen molar-refractivity contribution in [3.8, 4) is 11.5 Å². The van der Waals surface area contributed by atoms with E-state index in [-0.39, 0.29) is 29.8 Å². The van der Waals surface area contributed by atoms with Crippen molar-refractivity contribution < 1.29 is 14.3 Å². The van der Waals surface area contributed by atoms with Gasteiger partial charge >= 0.3 is 5.69 Å². The number of carbonyl (C=O) groups is 1. The molecule has 2 rings (SSSR count). The minimum absolute atomic E-state index is 0.0138. The Labute approximate surface area is 188 Å². The number of aromatic nitrogens is 2. The van der Waals surface area contributed by atoms with E-state index >= 15 is 0 Å². The maximum absolute atomic E-state index is 13.2. The molecule has 176 valence electrons. The molecule has 3 N–H and O–H groups in total. The first-order valence-corrected chi connectivity index (χ1v) is 10.9. The molecule has 0 unspecified atom stereocenters. The van der Waals surface area contributed by atoms with E-state index in [1.165, 1.54) is 9.47 Å². The summed E-state index contributed by atoms with van der Waals surface area (Å²) in [5, 5.41) is 0. The number of unbranched alkanes of at least 4 members (excludes halogenated alkanes) is 1. The average molecular weight is 447 g/mol. The highest BCUT2D eigenvalue weighted by Crippen LogP contribution is 2.24. The number of amides is 1. The number of nitrogen functional groups attached to an aromatic ring is 1. The lowest BCUT2D eigenvalue weighted by Crippen LogP contribution is -2.42. The molecule has 32 heavy (non-hydrogen) atoms. The van der Waals surface area contributed by atoms with Gasteiger partial charge in [0.2, 0.25) is 5.91 Å². The monoisotopic (exact) mass is 446 g/mol. The largest absolute Gasteiger partial charge is 0.497 e. The van der Waals surface area contributed by atoms with Crippen molar-refractivity contribution in [1.29, 1.82) is 0 Å². The Balaban J connectivity index is 2.37. The van der Waals surface area contributed by atoms with Gasteiger partial charge in [0, 0.05) is 25.6 Å². The van der Waals surface area contributed by atoms with Gasteiger partial charge in [-0.2, -0.15) is 0 Å². The van der Waals surface area contributed by atoms with Crippen LogP contribution < -0.4 is 31.4 Å². The lowest BCUT2D eigenvalue weighted by atomic mass is 10.1. The third-order valence-corrected chi connectivity index (χ3v) is 5.11. The van der Waals surface area contributed by atoms with Crippen LogP contribution in [0.15, 0.2) is 27.8 Å². The van der Waals surface area contributed by atoms with Crippen LogP contribution in [0.4, 0.5) is 11.5 Å². The minimum atomic E-state index is -0.653. The van der Waals surface area contributed by atoms with Crippen LogP contribution in [0.2, 0.25) is 0 Å². The normalized spacial score (nSPS) is 10.9. The molecule has 1 amide bonds. The fourth-order valence-corrected chi connectivity index (χ4v) is 3.46. The lowest BCUT2D eigenvalue weighted by Gasteiger charge is -2.25. The van der Waals surface area contributed by atoms with Gasteiger partial charge in [-0.15, -0.1) is 0 Å². The molecule has 1 aromatic heterocycles. The van der Waals surface area contributed by atoms with Crippen molar-refractivity contribution in [2.24, 2.45) is 5.92 Å². The molecule has 9 heteroatoms. The highest BCUT2D eigenvalue weighted by Gasteiger charge is 2.24. The van der Waals surface area contributed by atoms with E-state index in [9.17, 15) is 14.4 Å². The lowest BCUT2D eigenvalue weighted by molar-refractivity contribution is -0.118. The van der Waals surface area contributed by atoms with Crippen LogP contribution in [-0.4, -0.2) is 36.2 Å². The maximum Gasteiger partial charge on any atom is 0.330 e. The number of rotatable bonds is 11. The van der Waals surface area contributed by atoms with Crippen molar-refractivity contribution in [2.75, 3.05) is 31.4 Å². The van der Waals surface area contributed by atoms with Crippen LogP contribution in [0.25, 0.3) is 0 Å². The quantitative estimate of drug-likeness (QED) is 0.547. The number of anilines is 2. The highest BCUT2D eigenvalue weighted by molar-refractivity contribution is 5.95. The molecule has 0 saturated carbocycles. The second kappa shape index (κ2) is 11.4. The fraction of sp³-hybridized carbons (Fsp3) is 0.522. The first kappa shape index (κ1) is 25.0. The molecule has 0 saturated heterocycles. The zero-order chi connectivity index (χ0) is 23.8. The van der Waals surface area contributed by atoms with Crippen LogP contribution in [0.1, 0.15) is 45.6 Å². The Morgan fingerprint density at radius 1 is 1.16 bits per heavy atom. The number of methoxy groups -OCH3 is 2. The predicted octanol–water partition coefficient (Wildman–Crippen LogP) is 2.56. The van der Waals surface area contributed by atoms with Crippen molar-refractivity contribution >= 4 is 17.4 Å². The summed E-state index contributed by atoms with van der Waals surface area (Å²) in [6, 6.07) is 5.45. The molecule has 0 bridgehead atoms. The molecule has 1 heterocycles. The molecule has 2 aromatic rings. The SMILES string of the molecule is CCCCN(C(=O)CCc1cc(OC)cc(OC)c1)c1c(N)n(CC(C)C)c(=O)[nH]c1=O. The highest BCUT2D eigenvalue weighted by atomic mass is 16.5. The number of H-pyrrole nitrogens is 1. The van der Waals surface area contributed by atoms with E-state index in [4.69, 9.17) is 15.2 Å². The number of carbonyl (C=O) groups excluding carboxylic acids is 1. The fourth-order valence-electron chi connectivity index (χ4n) is 3.46. The zero-order valence-electron chi connectivity index (χ0n) is 19.6.